The van der Waals surface area contributed by atoms with Crippen LogP contribution in [0.4, 0.5) is 10.1 Å². The van der Waals surface area contributed by atoms with Crippen molar-refractivity contribution in [1.29, 1.82) is 0 Å². The second-order valence-electron chi connectivity index (χ2n) is 11.0. The van der Waals surface area contributed by atoms with Gasteiger partial charge in [0.25, 0.3) is 10.0 Å². The molecule has 0 aliphatic rings. The van der Waals surface area contributed by atoms with Crippen molar-refractivity contribution in [3.63, 3.8) is 0 Å². The number of carbonyl (C=O) groups excluding carboxylic acids is 2. The third kappa shape index (κ3) is 8.48. The number of benzene rings is 4. The van der Waals surface area contributed by atoms with Gasteiger partial charge in [-0.15, -0.1) is 0 Å². The van der Waals surface area contributed by atoms with Crippen LogP contribution in [0.3, 0.4) is 0 Å². The molecule has 0 fully saturated rings. The molecule has 1 N–H and O–H groups in total. The van der Waals surface area contributed by atoms with Gasteiger partial charge in [-0.05, 0) is 73.9 Å². The molecule has 0 heterocycles. The average Bonchev–Trinajstić information content (AvgIpc) is 3.02. The smallest absolute Gasteiger partial charge is 0.264 e. The Bertz CT molecular complexity index is 1700. The van der Waals surface area contributed by atoms with E-state index in [1.165, 1.54) is 48.4 Å². The first kappa shape index (κ1) is 33.2. The van der Waals surface area contributed by atoms with Gasteiger partial charge in [-0.1, -0.05) is 66.7 Å². The van der Waals surface area contributed by atoms with Crippen LogP contribution in [0.2, 0.25) is 0 Å². The summed E-state index contributed by atoms with van der Waals surface area (Å²) >= 11 is 0. The molecule has 0 saturated heterocycles. The Morgan fingerprint density at radius 3 is 2.09 bits per heavy atom. The van der Waals surface area contributed by atoms with Crippen LogP contribution in [-0.4, -0.2) is 50.9 Å². The molecule has 2 amide bonds. The van der Waals surface area contributed by atoms with E-state index in [2.05, 4.69) is 5.32 Å². The fraction of sp³-hybridized carbons (Fsp3) is 0.257. The van der Waals surface area contributed by atoms with E-state index < -0.39 is 40.2 Å². The minimum absolute atomic E-state index is 0.00942. The van der Waals surface area contributed by atoms with E-state index in [9.17, 15) is 22.4 Å². The zero-order chi connectivity index (χ0) is 32.6. The lowest BCUT2D eigenvalue weighted by molar-refractivity contribution is -0.140. The van der Waals surface area contributed by atoms with E-state index in [0.717, 1.165) is 15.4 Å². The average molecular weight is 632 g/mol. The molecule has 8 nitrogen and oxygen atoms in total. The number of hydrogen-bond acceptors (Lipinski definition) is 5. The SMILES string of the molecule is COc1ccc(C)cc1N(CC(=O)N(Cc1ccc(F)cc1)[C@@H](Cc1ccccc1)C(=O)NC(C)C)S(=O)(=O)c1ccccc1. The van der Waals surface area contributed by atoms with E-state index in [4.69, 9.17) is 4.74 Å². The number of ether oxygens (including phenoxy) is 1. The summed E-state index contributed by atoms with van der Waals surface area (Å²) in [6.45, 7) is 4.76. The van der Waals surface area contributed by atoms with Crippen LogP contribution in [0.5, 0.6) is 5.75 Å². The van der Waals surface area contributed by atoms with Gasteiger partial charge in [0, 0.05) is 19.0 Å². The Morgan fingerprint density at radius 2 is 1.49 bits per heavy atom. The Hall–Kier alpha value is -4.70. The summed E-state index contributed by atoms with van der Waals surface area (Å²) in [5.41, 5.74) is 2.33. The van der Waals surface area contributed by atoms with Crippen LogP contribution in [0.1, 0.15) is 30.5 Å². The molecule has 236 valence electrons. The van der Waals surface area contributed by atoms with Crippen molar-refractivity contribution in [3.8, 4) is 5.75 Å². The van der Waals surface area contributed by atoms with Crippen LogP contribution in [0.15, 0.2) is 108 Å². The van der Waals surface area contributed by atoms with Gasteiger partial charge in [0.05, 0.1) is 17.7 Å². The van der Waals surface area contributed by atoms with Crippen LogP contribution in [0.25, 0.3) is 0 Å². The van der Waals surface area contributed by atoms with Crippen LogP contribution in [0, 0.1) is 12.7 Å². The Labute approximate surface area is 264 Å². The van der Waals surface area contributed by atoms with Gasteiger partial charge in [0.1, 0.15) is 24.2 Å². The summed E-state index contributed by atoms with van der Waals surface area (Å²) in [6, 6.07) is 26.6. The monoisotopic (exact) mass is 631 g/mol. The largest absolute Gasteiger partial charge is 0.495 e. The number of carbonyl (C=O) groups is 2. The number of aryl methyl sites for hydroxylation is 1. The highest BCUT2D eigenvalue weighted by molar-refractivity contribution is 7.92. The van der Waals surface area contributed by atoms with Crippen molar-refractivity contribution >= 4 is 27.5 Å². The lowest BCUT2D eigenvalue weighted by Crippen LogP contribution is -2.54. The first-order valence-electron chi connectivity index (χ1n) is 14.6. The predicted octanol–water partition coefficient (Wildman–Crippen LogP) is 5.50. The molecule has 4 aromatic carbocycles. The summed E-state index contributed by atoms with van der Waals surface area (Å²) in [7, 11) is -2.85. The lowest BCUT2D eigenvalue weighted by atomic mass is 10.0. The summed E-state index contributed by atoms with van der Waals surface area (Å²) in [4.78, 5) is 29.6. The quantitative estimate of drug-likeness (QED) is 0.210. The molecule has 1 atom stereocenters. The van der Waals surface area contributed by atoms with Crippen molar-refractivity contribution in [2.75, 3.05) is 18.0 Å². The second-order valence-corrected chi connectivity index (χ2v) is 12.9. The molecule has 0 bridgehead atoms. The molecule has 0 radical (unpaired) electrons. The number of amides is 2. The van der Waals surface area contributed by atoms with Gasteiger partial charge >= 0.3 is 0 Å². The topological polar surface area (TPSA) is 96.0 Å². The number of hydrogen-bond donors (Lipinski definition) is 1. The molecule has 0 aliphatic heterocycles. The highest BCUT2D eigenvalue weighted by Gasteiger charge is 2.35. The molecular weight excluding hydrogens is 593 g/mol. The molecule has 0 saturated carbocycles. The van der Waals surface area contributed by atoms with E-state index in [-0.39, 0.29) is 35.3 Å². The first-order chi connectivity index (χ1) is 21.5. The van der Waals surface area contributed by atoms with E-state index in [1.54, 1.807) is 36.4 Å². The minimum atomic E-state index is -4.28. The second kappa shape index (κ2) is 14.9. The number of halogens is 1. The fourth-order valence-electron chi connectivity index (χ4n) is 4.95. The fourth-order valence-corrected chi connectivity index (χ4v) is 6.39. The molecule has 10 heteroatoms. The van der Waals surface area contributed by atoms with E-state index >= 15 is 0 Å². The van der Waals surface area contributed by atoms with Gasteiger partial charge in [-0.2, -0.15) is 0 Å². The summed E-state index contributed by atoms with van der Waals surface area (Å²) in [6.07, 6.45) is 0.172. The van der Waals surface area contributed by atoms with Gasteiger partial charge in [-0.3, -0.25) is 13.9 Å². The zero-order valence-corrected chi connectivity index (χ0v) is 26.6. The number of sulfonamides is 1. The van der Waals surface area contributed by atoms with Crippen LogP contribution in [-0.2, 0) is 32.6 Å². The van der Waals surface area contributed by atoms with Crippen LogP contribution >= 0.6 is 0 Å². The Balaban J connectivity index is 1.84. The van der Waals surface area contributed by atoms with Gasteiger partial charge in [-0.25, -0.2) is 12.8 Å². The van der Waals surface area contributed by atoms with Gasteiger partial charge < -0.3 is 15.0 Å². The maximum atomic E-state index is 14.5. The maximum Gasteiger partial charge on any atom is 0.264 e. The molecule has 0 aliphatic carbocycles. The molecule has 0 aromatic heterocycles. The third-order valence-corrected chi connectivity index (χ3v) is 8.96. The molecule has 45 heavy (non-hydrogen) atoms. The molecule has 0 unspecified atom stereocenters. The van der Waals surface area contributed by atoms with Crippen molar-refractivity contribution in [2.45, 2.75) is 50.7 Å². The first-order valence-corrected chi connectivity index (χ1v) is 16.0. The van der Waals surface area contributed by atoms with Gasteiger partial charge in [0.15, 0.2) is 0 Å². The maximum absolute atomic E-state index is 14.5. The number of anilines is 1. The third-order valence-electron chi connectivity index (χ3n) is 7.18. The van der Waals surface area contributed by atoms with Crippen molar-refractivity contribution in [3.05, 3.63) is 126 Å². The molecular formula is C35H38FN3O5S. The Kier molecular flexibility index (Phi) is 11.0. The standard InChI is InChI=1S/C35H38FN3O5S/c1-25(2)37-35(41)32(22-27-11-7-5-8-12-27)38(23-28-16-18-29(36)19-17-28)34(40)24-39(31-21-26(3)15-20-33(31)44-4)45(42,43)30-13-9-6-10-14-30/h5-21,25,32H,22-24H2,1-4H3,(H,37,41)/t32-/m0/s1. The highest BCUT2D eigenvalue weighted by Crippen LogP contribution is 2.34. The number of nitrogens with one attached hydrogen (secondary N) is 1. The summed E-state index contributed by atoms with van der Waals surface area (Å²) in [5.74, 6) is -1.20. The lowest BCUT2D eigenvalue weighted by Gasteiger charge is -2.34. The molecule has 4 rings (SSSR count). The van der Waals surface area contributed by atoms with Crippen LogP contribution < -0.4 is 14.4 Å². The normalized spacial score (nSPS) is 12.0. The van der Waals surface area contributed by atoms with Crippen molar-refractivity contribution in [2.24, 2.45) is 0 Å². The zero-order valence-electron chi connectivity index (χ0n) is 25.8. The van der Waals surface area contributed by atoms with E-state index in [1.807, 2.05) is 51.1 Å². The van der Waals surface area contributed by atoms with Crippen molar-refractivity contribution < 1.29 is 27.1 Å². The highest BCUT2D eigenvalue weighted by atomic mass is 32.2. The molecule has 0 spiro atoms. The number of methoxy groups -OCH3 is 1. The number of rotatable bonds is 13. The minimum Gasteiger partial charge on any atom is -0.495 e. The van der Waals surface area contributed by atoms with Crippen molar-refractivity contribution in [1.82, 2.24) is 10.2 Å². The summed E-state index contributed by atoms with van der Waals surface area (Å²) in [5, 5.41) is 2.92. The Morgan fingerprint density at radius 1 is 0.867 bits per heavy atom. The van der Waals surface area contributed by atoms with E-state index in [0.29, 0.717) is 5.56 Å². The molecule has 4 aromatic rings. The number of nitrogens with zero attached hydrogens (tertiary/aromatic N) is 2. The summed E-state index contributed by atoms with van der Waals surface area (Å²) < 4.78 is 48.8. The predicted molar refractivity (Wildman–Crippen MR) is 173 cm³/mol. The van der Waals surface area contributed by atoms with Gasteiger partial charge in [0.2, 0.25) is 11.8 Å².